The molecule has 0 aromatic heterocycles. The summed E-state index contributed by atoms with van der Waals surface area (Å²) in [7, 11) is 1.61. The highest BCUT2D eigenvalue weighted by atomic mass is 16.5. The summed E-state index contributed by atoms with van der Waals surface area (Å²) in [5, 5.41) is 13.6. The Morgan fingerprint density at radius 2 is 2.12 bits per heavy atom. The van der Waals surface area contributed by atoms with Crippen molar-refractivity contribution in [3.63, 3.8) is 0 Å². The maximum Gasteiger partial charge on any atom is 0.163 e. The number of rotatable bonds is 2. The monoisotopic (exact) mass is 221 g/mol. The number of aromatic hydroxyl groups is 1. The summed E-state index contributed by atoms with van der Waals surface area (Å²) in [6.07, 6.45) is 1.08. The minimum atomic E-state index is 0.328. The lowest BCUT2D eigenvalue weighted by molar-refractivity contribution is 0.366. The van der Waals surface area contributed by atoms with E-state index in [1.807, 2.05) is 6.92 Å². The van der Waals surface area contributed by atoms with Gasteiger partial charge >= 0.3 is 0 Å². The lowest BCUT2D eigenvalue weighted by atomic mass is 9.91. The smallest absolute Gasteiger partial charge is 0.163 e. The number of hydrogen-bond donors (Lipinski definition) is 2. The van der Waals surface area contributed by atoms with Gasteiger partial charge in [-0.15, -0.1) is 0 Å². The number of ether oxygens (including phenoxy) is 1. The van der Waals surface area contributed by atoms with Crippen LogP contribution < -0.4 is 10.1 Å². The summed E-state index contributed by atoms with van der Waals surface area (Å²) in [5.74, 6) is 1.36. The van der Waals surface area contributed by atoms with Crippen LogP contribution in [0.1, 0.15) is 29.0 Å². The Morgan fingerprint density at radius 3 is 2.69 bits per heavy atom. The topological polar surface area (TPSA) is 41.5 Å². The number of benzene rings is 1. The fourth-order valence-electron chi connectivity index (χ4n) is 2.64. The van der Waals surface area contributed by atoms with Crippen molar-refractivity contribution in [2.24, 2.45) is 0 Å². The maximum atomic E-state index is 10.3. The molecule has 1 aromatic rings. The van der Waals surface area contributed by atoms with Crippen molar-refractivity contribution in [3.05, 3.63) is 22.8 Å². The van der Waals surface area contributed by atoms with E-state index in [0.29, 0.717) is 17.4 Å². The Kier molecular flexibility index (Phi) is 3.06. The number of phenols is 1. The van der Waals surface area contributed by atoms with E-state index in [1.165, 1.54) is 0 Å². The molecule has 1 aliphatic heterocycles. The first kappa shape index (κ1) is 11.3. The lowest BCUT2D eigenvalue weighted by Crippen LogP contribution is -2.09. The molecule has 1 unspecified atom stereocenters. The number of nitrogens with one attached hydrogen (secondary N) is 1. The maximum absolute atomic E-state index is 10.3. The molecule has 2 N–H and O–H groups in total. The van der Waals surface area contributed by atoms with Crippen molar-refractivity contribution in [3.8, 4) is 11.5 Å². The summed E-state index contributed by atoms with van der Waals surface area (Å²) < 4.78 is 5.26. The van der Waals surface area contributed by atoms with Gasteiger partial charge in [-0.3, -0.25) is 0 Å². The quantitative estimate of drug-likeness (QED) is 0.803. The molecule has 0 aliphatic carbocycles. The predicted octanol–water partition coefficient (Wildman–Crippen LogP) is 2.09. The fourth-order valence-corrected chi connectivity index (χ4v) is 2.64. The van der Waals surface area contributed by atoms with Gasteiger partial charge in [-0.1, -0.05) is 6.07 Å². The number of aryl methyl sites for hydroxylation is 2. The molecule has 0 spiro atoms. The summed E-state index contributed by atoms with van der Waals surface area (Å²) >= 11 is 0. The Bertz CT molecular complexity index is 395. The minimum Gasteiger partial charge on any atom is -0.504 e. The van der Waals surface area contributed by atoms with Gasteiger partial charge in [0.2, 0.25) is 0 Å². The van der Waals surface area contributed by atoms with E-state index in [1.54, 1.807) is 7.11 Å². The van der Waals surface area contributed by atoms with Crippen molar-refractivity contribution in [2.45, 2.75) is 26.2 Å². The zero-order valence-electron chi connectivity index (χ0n) is 10.1. The molecule has 3 nitrogen and oxygen atoms in total. The van der Waals surface area contributed by atoms with Gasteiger partial charge in [0.05, 0.1) is 7.11 Å². The zero-order chi connectivity index (χ0) is 11.7. The first-order valence-corrected chi connectivity index (χ1v) is 5.73. The third kappa shape index (κ3) is 1.76. The zero-order valence-corrected chi connectivity index (χ0v) is 10.1. The van der Waals surface area contributed by atoms with Crippen LogP contribution in [0, 0.1) is 13.8 Å². The normalized spacial score (nSPS) is 20.1. The van der Waals surface area contributed by atoms with E-state index in [9.17, 15) is 5.11 Å². The van der Waals surface area contributed by atoms with Crippen LogP contribution in [0.4, 0.5) is 0 Å². The van der Waals surface area contributed by atoms with Gasteiger partial charge in [0, 0.05) is 18.0 Å². The molecule has 1 heterocycles. The van der Waals surface area contributed by atoms with Crippen molar-refractivity contribution >= 4 is 0 Å². The van der Waals surface area contributed by atoms with Gasteiger partial charge in [-0.2, -0.15) is 0 Å². The van der Waals surface area contributed by atoms with E-state index in [2.05, 4.69) is 18.3 Å². The third-order valence-electron chi connectivity index (χ3n) is 3.36. The van der Waals surface area contributed by atoms with E-state index >= 15 is 0 Å². The van der Waals surface area contributed by atoms with Crippen LogP contribution >= 0.6 is 0 Å². The second-order valence-electron chi connectivity index (χ2n) is 4.50. The van der Waals surface area contributed by atoms with Crippen LogP contribution in [0.3, 0.4) is 0 Å². The average molecular weight is 221 g/mol. The highest BCUT2D eigenvalue weighted by Gasteiger charge is 2.24. The van der Waals surface area contributed by atoms with Crippen LogP contribution in [0.25, 0.3) is 0 Å². The van der Waals surface area contributed by atoms with E-state index < -0.39 is 0 Å². The molecule has 0 amide bonds. The van der Waals surface area contributed by atoms with Gasteiger partial charge in [0.1, 0.15) is 0 Å². The Labute approximate surface area is 96.4 Å². The molecule has 1 atom stereocenters. The third-order valence-corrected chi connectivity index (χ3v) is 3.36. The fraction of sp³-hybridized carbons (Fsp3) is 0.538. The molecule has 2 rings (SSSR count). The highest BCUT2D eigenvalue weighted by Crippen LogP contribution is 2.41. The van der Waals surface area contributed by atoms with Crippen LogP contribution in [0.2, 0.25) is 0 Å². The molecular weight excluding hydrogens is 202 g/mol. The molecular formula is C13H19NO2. The Balaban J connectivity index is 2.50. The summed E-state index contributed by atoms with van der Waals surface area (Å²) in [6, 6.07) is 2.09. The van der Waals surface area contributed by atoms with Crippen LogP contribution in [-0.4, -0.2) is 25.3 Å². The van der Waals surface area contributed by atoms with Gasteiger partial charge < -0.3 is 15.2 Å². The van der Waals surface area contributed by atoms with Crippen molar-refractivity contribution < 1.29 is 9.84 Å². The van der Waals surface area contributed by atoms with Crippen molar-refractivity contribution in [2.75, 3.05) is 20.2 Å². The Hall–Kier alpha value is -1.22. The molecule has 0 radical (unpaired) electrons. The molecule has 1 aliphatic rings. The molecule has 16 heavy (non-hydrogen) atoms. The van der Waals surface area contributed by atoms with Gasteiger partial charge in [-0.25, -0.2) is 0 Å². The van der Waals surface area contributed by atoms with Gasteiger partial charge in [0.25, 0.3) is 0 Å². The summed E-state index contributed by atoms with van der Waals surface area (Å²) in [5.41, 5.74) is 3.20. The predicted molar refractivity (Wildman–Crippen MR) is 64.4 cm³/mol. The molecule has 1 fully saturated rings. The minimum absolute atomic E-state index is 0.328. The Morgan fingerprint density at radius 1 is 1.38 bits per heavy atom. The second kappa shape index (κ2) is 4.34. The highest BCUT2D eigenvalue weighted by molar-refractivity contribution is 5.55. The molecule has 1 aromatic carbocycles. The van der Waals surface area contributed by atoms with Crippen LogP contribution in [0.5, 0.6) is 11.5 Å². The molecule has 3 heteroatoms. The average Bonchev–Trinajstić information content (AvgIpc) is 2.70. The molecule has 88 valence electrons. The summed E-state index contributed by atoms with van der Waals surface area (Å²) in [4.78, 5) is 0. The van der Waals surface area contributed by atoms with Crippen molar-refractivity contribution in [1.29, 1.82) is 0 Å². The van der Waals surface area contributed by atoms with Crippen LogP contribution in [-0.2, 0) is 0 Å². The first-order chi connectivity index (χ1) is 7.65. The van der Waals surface area contributed by atoms with E-state index in [-0.39, 0.29) is 0 Å². The largest absolute Gasteiger partial charge is 0.504 e. The lowest BCUT2D eigenvalue weighted by Gasteiger charge is -2.18. The van der Waals surface area contributed by atoms with Crippen LogP contribution in [0.15, 0.2) is 6.07 Å². The standard InChI is InChI=1S/C13H19NO2/c1-8-6-9(2)13(16-3)12(15)11(8)10-4-5-14-7-10/h6,10,14-15H,4-5,7H2,1-3H3. The second-order valence-corrected chi connectivity index (χ2v) is 4.50. The first-order valence-electron chi connectivity index (χ1n) is 5.73. The molecule has 0 saturated carbocycles. The number of methoxy groups -OCH3 is 1. The van der Waals surface area contributed by atoms with Gasteiger partial charge in [-0.05, 0) is 37.9 Å². The van der Waals surface area contributed by atoms with E-state index in [4.69, 9.17) is 4.74 Å². The van der Waals surface area contributed by atoms with Gasteiger partial charge in [0.15, 0.2) is 11.5 Å². The van der Waals surface area contributed by atoms with E-state index in [0.717, 1.165) is 36.2 Å². The SMILES string of the molecule is COc1c(C)cc(C)c(C2CCNC2)c1O. The van der Waals surface area contributed by atoms with Crippen molar-refractivity contribution in [1.82, 2.24) is 5.32 Å². The number of phenolic OH excluding ortho intramolecular Hbond substituents is 1. The number of hydrogen-bond acceptors (Lipinski definition) is 3. The molecule has 0 bridgehead atoms. The molecule has 1 saturated heterocycles. The summed E-state index contributed by atoms with van der Waals surface area (Å²) in [6.45, 7) is 5.99.